The Morgan fingerprint density at radius 1 is 1.19 bits per heavy atom. The Morgan fingerprint density at radius 2 is 2.00 bits per heavy atom. The van der Waals surface area contributed by atoms with Gasteiger partial charge in [0.1, 0.15) is 0 Å². The van der Waals surface area contributed by atoms with Crippen molar-refractivity contribution in [3.8, 4) is 11.5 Å². The molecule has 0 atom stereocenters. The monoisotopic (exact) mass is 372 g/mol. The van der Waals surface area contributed by atoms with Crippen molar-refractivity contribution < 1.29 is 14.1 Å². The average Bonchev–Trinajstić information content (AvgIpc) is 3.09. The molecule has 0 saturated carbocycles. The van der Waals surface area contributed by atoms with Crippen LogP contribution < -0.4 is 5.32 Å². The molecule has 8 nitrogen and oxygen atoms in total. The van der Waals surface area contributed by atoms with E-state index in [1.165, 1.54) is 18.2 Å². The van der Waals surface area contributed by atoms with Gasteiger partial charge in [0.15, 0.2) is 0 Å². The lowest BCUT2D eigenvalue weighted by molar-refractivity contribution is -0.384. The van der Waals surface area contributed by atoms with Crippen molar-refractivity contribution in [3.05, 3.63) is 69.6 Å². The first-order valence-electron chi connectivity index (χ1n) is 7.64. The molecule has 1 heterocycles. The zero-order valence-corrected chi connectivity index (χ0v) is 14.1. The minimum atomic E-state index is -0.523. The number of nitro groups is 1. The maximum absolute atomic E-state index is 12.0. The van der Waals surface area contributed by atoms with Crippen LogP contribution in [0.15, 0.2) is 52.9 Å². The van der Waals surface area contributed by atoms with Crippen LogP contribution in [0.2, 0.25) is 5.02 Å². The van der Waals surface area contributed by atoms with E-state index in [1.807, 2.05) is 0 Å². The summed E-state index contributed by atoms with van der Waals surface area (Å²) in [7, 11) is 0. The molecule has 3 rings (SSSR count). The predicted molar refractivity (Wildman–Crippen MR) is 94.8 cm³/mol. The summed E-state index contributed by atoms with van der Waals surface area (Å²) in [5.41, 5.74) is 0.879. The molecule has 2 aromatic carbocycles. The zero-order chi connectivity index (χ0) is 18.5. The quantitative estimate of drug-likeness (QED) is 0.519. The molecule has 0 aliphatic heterocycles. The molecule has 9 heteroatoms. The summed E-state index contributed by atoms with van der Waals surface area (Å²) in [4.78, 5) is 22.2. The molecule has 132 valence electrons. The average molecular weight is 373 g/mol. The second kappa shape index (κ2) is 7.75. The van der Waals surface area contributed by atoms with E-state index in [0.29, 0.717) is 22.2 Å². The molecule has 0 saturated heterocycles. The molecule has 0 fully saturated rings. The molecular weight excluding hydrogens is 360 g/mol. The second-order valence-corrected chi connectivity index (χ2v) is 5.74. The van der Waals surface area contributed by atoms with Crippen LogP contribution in [0.4, 0.5) is 11.4 Å². The SMILES string of the molecule is O=C(CCc1nnc(-c2ccccc2Cl)o1)Nc1cccc([N+](=O)[O-])c1. The molecule has 26 heavy (non-hydrogen) atoms. The van der Waals surface area contributed by atoms with Crippen molar-refractivity contribution in [2.24, 2.45) is 0 Å². The highest BCUT2D eigenvalue weighted by atomic mass is 35.5. The molecule has 0 aliphatic carbocycles. The lowest BCUT2D eigenvalue weighted by Crippen LogP contribution is -2.12. The van der Waals surface area contributed by atoms with Crippen molar-refractivity contribution in [1.82, 2.24) is 10.2 Å². The standard InChI is InChI=1S/C17H13ClN4O4/c18-14-7-2-1-6-13(14)17-21-20-16(26-17)9-8-15(23)19-11-4-3-5-12(10-11)22(24)25/h1-7,10H,8-9H2,(H,19,23). The summed E-state index contributed by atoms with van der Waals surface area (Å²) in [5, 5.41) is 21.7. The van der Waals surface area contributed by atoms with E-state index in [-0.39, 0.29) is 30.3 Å². The van der Waals surface area contributed by atoms with Crippen molar-refractivity contribution >= 4 is 28.9 Å². The van der Waals surface area contributed by atoms with Crippen molar-refractivity contribution in [2.45, 2.75) is 12.8 Å². The van der Waals surface area contributed by atoms with Crippen LogP contribution in [0.1, 0.15) is 12.3 Å². The Hall–Kier alpha value is -3.26. The Labute approximate surface area is 153 Å². The number of carbonyl (C=O) groups excluding carboxylic acids is 1. The molecule has 0 spiro atoms. The Morgan fingerprint density at radius 3 is 2.77 bits per heavy atom. The Balaban J connectivity index is 1.59. The van der Waals surface area contributed by atoms with Gasteiger partial charge in [0, 0.05) is 30.7 Å². The number of halogens is 1. The summed E-state index contributed by atoms with van der Waals surface area (Å²) >= 11 is 6.08. The van der Waals surface area contributed by atoms with Gasteiger partial charge in [-0.3, -0.25) is 14.9 Å². The predicted octanol–water partition coefficient (Wildman–Crippen LogP) is 3.87. The van der Waals surface area contributed by atoms with Gasteiger partial charge in [-0.25, -0.2) is 0 Å². The molecule has 3 aromatic rings. The molecule has 1 amide bonds. The molecule has 0 radical (unpaired) electrons. The summed E-state index contributed by atoms with van der Waals surface area (Å²) < 4.78 is 5.53. The number of benzene rings is 2. The number of nitrogens with one attached hydrogen (secondary N) is 1. The number of amides is 1. The van der Waals surface area contributed by atoms with E-state index in [1.54, 1.807) is 30.3 Å². The van der Waals surface area contributed by atoms with Gasteiger partial charge in [0.05, 0.1) is 15.5 Å². The van der Waals surface area contributed by atoms with Crippen LogP contribution in [0, 0.1) is 10.1 Å². The molecule has 0 unspecified atom stereocenters. The lowest BCUT2D eigenvalue weighted by Gasteiger charge is -2.03. The van der Waals surface area contributed by atoms with Gasteiger partial charge in [-0.1, -0.05) is 29.8 Å². The molecule has 0 bridgehead atoms. The summed E-state index contributed by atoms with van der Waals surface area (Å²) in [6.45, 7) is 0. The highest BCUT2D eigenvalue weighted by Crippen LogP contribution is 2.26. The topological polar surface area (TPSA) is 111 Å². The fourth-order valence-corrected chi connectivity index (χ4v) is 2.46. The van der Waals surface area contributed by atoms with E-state index < -0.39 is 4.92 Å². The van der Waals surface area contributed by atoms with Crippen LogP contribution in [0.25, 0.3) is 11.5 Å². The minimum absolute atomic E-state index is 0.0901. The number of carbonyl (C=O) groups is 1. The van der Waals surface area contributed by atoms with E-state index in [0.717, 1.165) is 0 Å². The van der Waals surface area contributed by atoms with E-state index >= 15 is 0 Å². The maximum Gasteiger partial charge on any atom is 0.271 e. The van der Waals surface area contributed by atoms with Gasteiger partial charge in [-0.05, 0) is 18.2 Å². The molecule has 1 aromatic heterocycles. The fraction of sp³-hybridized carbons (Fsp3) is 0.118. The lowest BCUT2D eigenvalue weighted by atomic mass is 10.2. The van der Waals surface area contributed by atoms with Gasteiger partial charge in [-0.15, -0.1) is 10.2 Å². The number of nitro benzene ring substituents is 1. The highest BCUT2D eigenvalue weighted by Gasteiger charge is 2.13. The van der Waals surface area contributed by atoms with Gasteiger partial charge < -0.3 is 9.73 Å². The number of hydrogen-bond donors (Lipinski definition) is 1. The second-order valence-electron chi connectivity index (χ2n) is 5.34. The van der Waals surface area contributed by atoms with Gasteiger partial charge in [0.25, 0.3) is 5.69 Å². The third kappa shape index (κ3) is 4.22. The third-order valence-corrected chi connectivity index (χ3v) is 3.81. The highest BCUT2D eigenvalue weighted by molar-refractivity contribution is 6.33. The smallest absolute Gasteiger partial charge is 0.271 e. The van der Waals surface area contributed by atoms with Crippen LogP contribution >= 0.6 is 11.6 Å². The maximum atomic E-state index is 12.0. The first-order chi connectivity index (χ1) is 12.5. The Bertz CT molecular complexity index is 957. The fourth-order valence-electron chi connectivity index (χ4n) is 2.24. The van der Waals surface area contributed by atoms with Crippen molar-refractivity contribution in [2.75, 3.05) is 5.32 Å². The van der Waals surface area contributed by atoms with Crippen molar-refractivity contribution in [3.63, 3.8) is 0 Å². The number of non-ortho nitro benzene ring substituents is 1. The van der Waals surface area contributed by atoms with Crippen LogP contribution in [0.3, 0.4) is 0 Å². The number of aryl methyl sites for hydroxylation is 1. The van der Waals surface area contributed by atoms with Crippen LogP contribution in [-0.4, -0.2) is 21.0 Å². The number of rotatable bonds is 6. The number of aromatic nitrogens is 2. The first-order valence-corrected chi connectivity index (χ1v) is 8.02. The van der Waals surface area contributed by atoms with E-state index in [2.05, 4.69) is 15.5 Å². The zero-order valence-electron chi connectivity index (χ0n) is 13.4. The molecular formula is C17H13ClN4O4. The number of nitrogens with zero attached hydrogens (tertiary/aromatic N) is 3. The number of anilines is 1. The third-order valence-electron chi connectivity index (χ3n) is 3.48. The first kappa shape index (κ1) is 17.6. The molecule has 0 aliphatic rings. The number of hydrogen-bond acceptors (Lipinski definition) is 6. The summed E-state index contributed by atoms with van der Waals surface area (Å²) in [6.07, 6.45) is 0.324. The van der Waals surface area contributed by atoms with E-state index in [9.17, 15) is 14.9 Å². The molecule has 1 N–H and O–H groups in total. The Kier molecular flexibility index (Phi) is 5.23. The van der Waals surface area contributed by atoms with E-state index in [4.69, 9.17) is 16.0 Å². The van der Waals surface area contributed by atoms with Crippen LogP contribution in [-0.2, 0) is 11.2 Å². The summed E-state index contributed by atoms with van der Waals surface area (Å²) in [5.74, 6) is 0.266. The largest absolute Gasteiger partial charge is 0.421 e. The van der Waals surface area contributed by atoms with Gasteiger partial charge in [-0.2, -0.15) is 0 Å². The summed E-state index contributed by atoms with van der Waals surface area (Å²) in [6, 6.07) is 12.8. The normalized spacial score (nSPS) is 10.5. The van der Waals surface area contributed by atoms with Crippen molar-refractivity contribution in [1.29, 1.82) is 0 Å². The van der Waals surface area contributed by atoms with Crippen LogP contribution in [0.5, 0.6) is 0 Å². The minimum Gasteiger partial charge on any atom is -0.421 e. The van der Waals surface area contributed by atoms with Gasteiger partial charge in [0.2, 0.25) is 17.7 Å². The van der Waals surface area contributed by atoms with Gasteiger partial charge >= 0.3 is 0 Å².